The second-order valence-electron chi connectivity index (χ2n) is 3.69. The lowest BCUT2D eigenvalue weighted by molar-refractivity contribution is 0.272. The Hall–Kier alpha value is -2.48. The minimum absolute atomic E-state index is 0.290. The van der Waals surface area contributed by atoms with Gasteiger partial charge in [-0.25, -0.2) is 4.98 Å². The first kappa shape index (κ1) is 12.0. The van der Waals surface area contributed by atoms with E-state index in [1.54, 1.807) is 31.5 Å². The summed E-state index contributed by atoms with van der Waals surface area (Å²) in [5, 5.41) is 9.04. The molecule has 1 heterocycles. The monoisotopic (exact) mass is 243 g/mol. The number of rotatable bonds is 4. The second-order valence-corrected chi connectivity index (χ2v) is 3.69. The molecule has 5 heteroatoms. The van der Waals surface area contributed by atoms with Gasteiger partial charge in [0.15, 0.2) is 11.5 Å². The van der Waals surface area contributed by atoms with Crippen LogP contribution < -0.4 is 9.47 Å². The quantitative estimate of drug-likeness (QED) is 0.822. The van der Waals surface area contributed by atoms with E-state index in [0.29, 0.717) is 23.7 Å². The SMILES string of the molecule is COc1cccc(C#N)c1OCc1nccn1C. The highest BCUT2D eigenvalue weighted by atomic mass is 16.5. The van der Waals surface area contributed by atoms with Crippen molar-refractivity contribution in [2.24, 2.45) is 7.05 Å². The maximum absolute atomic E-state index is 9.04. The van der Waals surface area contributed by atoms with Gasteiger partial charge in [-0.3, -0.25) is 0 Å². The molecule has 0 aliphatic heterocycles. The van der Waals surface area contributed by atoms with E-state index in [2.05, 4.69) is 11.1 Å². The van der Waals surface area contributed by atoms with Gasteiger partial charge in [0.2, 0.25) is 0 Å². The first-order valence-corrected chi connectivity index (χ1v) is 5.42. The van der Waals surface area contributed by atoms with Crippen LogP contribution in [0.15, 0.2) is 30.6 Å². The minimum atomic E-state index is 0.290. The van der Waals surface area contributed by atoms with Gasteiger partial charge in [-0.05, 0) is 12.1 Å². The topological polar surface area (TPSA) is 60.1 Å². The molecule has 0 amide bonds. The van der Waals surface area contributed by atoms with E-state index in [-0.39, 0.29) is 0 Å². The van der Waals surface area contributed by atoms with E-state index >= 15 is 0 Å². The van der Waals surface area contributed by atoms with Crippen LogP contribution in [0.25, 0.3) is 0 Å². The third-order valence-corrected chi connectivity index (χ3v) is 2.59. The molecule has 0 N–H and O–H groups in total. The van der Waals surface area contributed by atoms with Gasteiger partial charge in [0.25, 0.3) is 0 Å². The predicted molar refractivity (Wildman–Crippen MR) is 65.2 cm³/mol. The fourth-order valence-electron chi connectivity index (χ4n) is 1.59. The maximum Gasteiger partial charge on any atom is 0.179 e. The van der Waals surface area contributed by atoms with Gasteiger partial charge < -0.3 is 14.0 Å². The lowest BCUT2D eigenvalue weighted by atomic mass is 10.2. The van der Waals surface area contributed by atoms with Crippen LogP contribution in [-0.4, -0.2) is 16.7 Å². The van der Waals surface area contributed by atoms with Gasteiger partial charge in [0, 0.05) is 19.4 Å². The van der Waals surface area contributed by atoms with Gasteiger partial charge in [-0.1, -0.05) is 6.07 Å². The van der Waals surface area contributed by atoms with Gasteiger partial charge in [-0.15, -0.1) is 0 Å². The van der Waals surface area contributed by atoms with E-state index in [9.17, 15) is 0 Å². The molecule has 0 atom stereocenters. The Morgan fingerprint density at radius 2 is 2.28 bits per heavy atom. The first-order valence-electron chi connectivity index (χ1n) is 5.42. The van der Waals surface area contributed by atoms with Gasteiger partial charge in [0.1, 0.15) is 18.5 Å². The number of nitriles is 1. The minimum Gasteiger partial charge on any atom is -0.493 e. The zero-order chi connectivity index (χ0) is 13.0. The van der Waals surface area contributed by atoms with Crippen LogP contribution in [0.5, 0.6) is 11.5 Å². The lowest BCUT2D eigenvalue weighted by Crippen LogP contribution is -2.05. The molecule has 0 spiro atoms. The number of nitrogens with zero attached hydrogens (tertiary/aromatic N) is 3. The van der Waals surface area contributed by atoms with Crippen LogP contribution >= 0.6 is 0 Å². The lowest BCUT2D eigenvalue weighted by Gasteiger charge is -2.11. The number of methoxy groups -OCH3 is 1. The van der Waals surface area contributed by atoms with Crippen molar-refractivity contribution in [2.45, 2.75) is 6.61 Å². The van der Waals surface area contributed by atoms with Crippen LogP contribution in [-0.2, 0) is 13.7 Å². The molecule has 1 aromatic carbocycles. The van der Waals surface area contributed by atoms with E-state index in [1.165, 1.54) is 0 Å². The number of imidazole rings is 1. The van der Waals surface area contributed by atoms with Crippen molar-refractivity contribution in [3.63, 3.8) is 0 Å². The molecule has 0 aliphatic carbocycles. The van der Waals surface area contributed by atoms with Gasteiger partial charge in [0.05, 0.1) is 12.7 Å². The Morgan fingerprint density at radius 3 is 2.89 bits per heavy atom. The standard InChI is InChI=1S/C13H13N3O2/c1-16-7-6-15-12(16)9-18-13-10(8-14)4-3-5-11(13)17-2/h3-7H,9H2,1-2H3. The molecule has 0 saturated heterocycles. The number of aromatic nitrogens is 2. The highest BCUT2D eigenvalue weighted by molar-refractivity contribution is 5.52. The van der Waals surface area contributed by atoms with Crippen molar-refractivity contribution < 1.29 is 9.47 Å². The summed E-state index contributed by atoms with van der Waals surface area (Å²) in [6.07, 6.45) is 3.54. The fourth-order valence-corrected chi connectivity index (χ4v) is 1.59. The molecular formula is C13H13N3O2. The summed E-state index contributed by atoms with van der Waals surface area (Å²) in [5.41, 5.74) is 0.448. The molecule has 0 fully saturated rings. The first-order chi connectivity index (χ1) is 8.76. The summed E-state index contributed by atoms with van der Waals surface area (Å²) in [6, 6.07) is 7.29. The molecule has 0 aliphatic rings. The number of ether oxygens (including phenoxy) is 2. The largest absolute Gasteiger partial charge is 0.493 e. The number of hydrogen-bond donors (Lipinski definition) is 0. The van der Waals surface area contributed by atoms with Crippen LogP contribution in [0, 0.1) is 11.3 Å². The Balaban J connectivity index is 2.23. The van der Waals surface area contributed by atoms with Crippen LogP contribution in [0.4, 0.5) is 0 Å². The number of benzene rings is 1. The Bertz CT molecular complexity index is 584. The summed E-state index contributed by atoms with van der Waals surface area (Å²) in [6.45, 7) is 0.290. The highest BCUT2D eigenvalue weighted by Gasteiger charge is 2.11. The number of para-hydroxylation sites is 1. The predicted octanol–water partition coefficient (Wildman–Crippen LogP) is 1.88. The van der Waals surface area contributed by atoms with Crippen LogP contribution in [0.1, 0.15) is 11.4 Å². The normalized spacial score (nSPS) is 9.83. The summed E-state index contributed by atoms with van der Waals surface area (Å²) in [7, 11) is 3.43. The Morgan fingerprint density at radius 1 is 1.44 bits per heavy atom. The molecular weight excluding hydrogens is 230 g/mol. The van der Waals surface area contributed by atoms with E-state index in [1.807, 2.05) is 17.8 Å². The van der Waals surface area contributed by atoms with Crippen LogP contribution in [0.3, 0.4) is 0 Å². The fraction of sp³-hybridized carbons (Fsp3) is 0.231. The third kappa shape index (κ3) is 2.28. The van der Waals surface area contributed by atoms with Crippen molar-refractivity contribution in [1.29, 1.82) is 5.26 Å². The second kappa shape index (κ2) is 5.23. The third-order valence-electron chi connectivity index (χ3n) is 2.59. The zero-order valence-electron chi connectivity index (χ0n) is 10.3. The van der Waals surface area contributed by atoms with Crippen molar-refractivity contribution in [3.05, 3.63) is 42.0 Å². The van der Waals surface area contributed by atoms with Crippen molar-refractivity contribution in [1.82, 2.24) is 9.55 Å². The van der Waals surface area contributed by atoms with E-state index in [0.717, 1.165) is 5.82 Å². The Labute approximate surface area is 105 Å². The van der Waals surface area contributed by atoms with E-state index < -0.39 is 0 Å². The number of hydrogen-bond acceptors (Lipinski definition) is 4. The Kier molecular flexibility index (Phi) is 3.49. The average molecular weight is 243 g/mol. The summed E-state index contributed by atoms with van der Waals surface area (Å²) in [5.74, 6) is 1.78. The molecule has 1 aromatic heterocycles. The molecule has 5 nitrogen and oxygen atoms in total. The molecule has 0 unspecified atom stereocenters. The maximum atomic E-state index is 9.04. The smallest absolute Gasteiger partial charge is 0.179 e. The zero-order valence-corrected chi connectivity index (χ0v) is 10.3. The highest BCUT2D eigenvalue weighted by Crippen LogP contribution is 2.30. The molecule has 2 aromatic rings. The van der Waals surface area contributed by atoms with Gasteiger partial charge >= 0.3 is 0 Å². The molecule has 0 radical (unpaired) electrons. The summed E-state index contributed by atoms with van der Waals surface area (Å²) < 4.78 is 12.7. The molecule has 0 bridgehead atoms. The van der Waals surface area contributed by atoms with Crippen molar-refractivity contribution in [3.8, 4) is 17.6 Å². The van der Waals surface area contributed by atoms with Crippen molar-refractivity contribution >= 4 is 0 Å². The summed E-state index contributed by atoms with van der Waals surface area (Å²) >= 11 is 0. The molecule has 18 heavy (non-hydrogen) atoms. The molecule has 0 saturated carbocycles. The summed E-state index contributed by atoms with van der Waals surface area (Å²) in [4.78, 5) is 4.16. The molecule has 2 rings (SSSR count). The molecule has 92 valence electrons. The van der Waals surface area contributed by atoms with Crippen LogP contribution in [0.2, 0.25) is 0 Å². The van der Waals surface area contributed by atoms with E-state index in [4.69, 9.17) is 14.7 Å². The van der Waals surface area contributed by atoms with Gasteiger partial charge in [-0.2, -0.15) is 5.26 Å². The number of aryl methyl sites for hydroxylation is 1. The average Bonchev–Trinajstić information content (AvgIpc) is 2.81. The van der Waals surface area contributed by atoms with Crippen molar-refractivity contribution in [2.75, 3.05) is 7.11 Å².